The minimum Gasteiger partial charge on any atom is -0.396 e. The average molecular weight is 220 g/mol. The van der Waals surface area contributed by atoms with Gasteiger partial charge in [-0.3, -0.25) is 0 Å². The molecule has 0 radical (unpaired) electrons. The molecule has 0 bridgehead atoms. The molecule has 1 aromatic rings. The average Bonchev–Trinajstić information content (AvgIpc) is 3.10. The molecule has 0 spiro atoms. The third-order valence-corrected chi connectivity index (χ3v) is 3.64. The molecule has 16 heavy (non-hydrogen) atoms. The quantitative estimate of drug-likeness (QED) is 0.826. The molecule has 0 amide bonds. The first-order chi connectivity index (χ1) is 7.72. The van der Waals surface area contributed by atoms with Crippen molar-refractivity contribution >= 4 is 0 Å². The molecule has 1 aromatic carbocycles. The Hall–Kier alpha value is -0.860. The van der Waals surface area contributed by atoms with E-state index in [4.69, 9.17) is 9.84 Å². The number of ether oxygens (including phenoxy) is 1. The van der Waals surface area contributed by atoms with Crippen molar-refractivity contribution in [2.45, 2.75) is 31.1 Å². The number of benzene rings is 1. The molecule has 2 nitrogen and oxygen atoms in total. The van der Waals surface area contributed by atoms with Crippen molar-refractivity contribution < 1.29 is 9.84 Å². The molecular weight excluding hydrogens is 200 g/mol. The maximum atomic E-state index is 9.09. The van der Waals surface area contributed by atoms with Crippen LogP contribution in [0, 0.1) is 0 Å². The Morgan fingerprint density at radius 2 is 1.94 bits per heavy atom. The van der Waals surface area contributed by atoms with E-state index < -0.39 is 0 Å². The van der Waals surface area contributed by atoms with Gasteiger partial charge in [0.15, 0.2) is 0 Å². The van der Waals surface area contributed by atoms with Gasteiger partial charge >= 0.3 is 0 Å². The summed E-state index contributed by atoms with van der Waals surface area (Å²) in [5.74, 6) is 0.228. The summed E-state index contributed by atoms with van der Waals surface area (Å²) in [5.41, 5.74) is 2.87. The highest BCUT2D eigenvalue weighted by Crippen LogP contribution is 2.48. The van der Waals surface area contributed by atoms with Crippen LogP contribution in [0.3, 0.4) is 0 Å². The Morgan fingerprint density at radius 3 is 2.38 bits per heavy atom. The van der Waals surface area contributed by atoms with Gasteiger partial charge in [-0.2, -0.15) is 0 Å². The van der Waals surface area contributed by atoms with Crippen LogP contribution in [0.1, 0.15) is 36.8 Å². The number of hydrogen-bond acceptors (Lipinski definition) is 2. The topological polar surface area (TPSA) is 29.5 Å². The van der Waals surface area contributed by atoms with Crippen LogP contribution in [0.5, 0.6) is 0 Å². The van der Waals surface area contributed by atoms with E-state index >= 15 is 0 Å². The van der Waals surface area contributed by atoms with Gasteiger partial charge in [-0.25, -0.2) is 0 Å². The van der Waals surface area contributed by atoms with Crippen LogP contribution in [0.2, 0.25) is 0 Å². The Bertz CT molecular complexity index is 338. The van der Waals surface area contributed by atoms with Gasteiger partial charge < -0.3 is 9.84 Å². The predicted molar refractivity (Wildman–Crippen MR) is 64.7 cm³/mol. The van der Waals surface area contributed by atoms with Crippen LogP contribution in [0.4, 0.5) is 0 Å². The lowest BCUT2D eigenvalue weighted by atomic mass is 9.93. The number of methoxy groups -OCH3 is 1. The molecule has 1 atom stereocenters. The van der Waals surface area contributed by atoms with E-state index in [1.165, 1.54) is 24.0 Å². The number of aliphatic hydroxyl groups is 1. The van der Waals surface area contributed by atoms with Crippen molar-refractivity contribution in [1.29, 1.82) is 0 Å². The molecule has 1 fully saturated rings. The van der Waals surface area contributed by atoms with Gasteiger partial charge in [0, 0.05) is 25.0 Å². The first-order valence-corrected chi connectivity index (χ1v) is 5.92. The first kappa shape index (κ1) is 11.6. The summed E-state index contributed by atoms with van der Waals surface area (Å²) in [6.45, 7) is 3.07. The fourth-order valence-electron chi connectivity index (χ4n) is 2.21. The van der Waals surface area contributed by atoms with E-state index in [-0.39, 0.29) is 17.9 Å². The summed E-state index contributed by atoms with van der Waals surface area (Å²) < 4.78 is 5.28. The summed E-state index contributed by atoms with van der Waals surface area (Å²) in [5, 5.41) is 9.09. The zero-order valence-electron chi connectivity index (χ0n) is 10.1. The molecular formula is C14H20O2. The van der Waals surface area contributed by atoms with E-state index in [1.54, 1.807) is 7.11 Å². The summed E-state index contributed by atoms with van der Waals surface area (Å²) >= 11 is 0. The number of hydrogen-bond donors (Lipinski definition) is 1. The zero-order valence-corrected chi connectivity index (χ0v) is 10.1. The molecule has 0 aliphatic heterocycles. The largest absolute Gasteiger partial charge is 0.396 e. The van der Waals surface area contributed by atoms with E-state index in [1.807, 2.05) is 6.92 Å². The molecule has 1 N–H and O–H groups in total. The SMILES string of the molecule is COCC1(c2ccc(C(C)CO)cc2)CC1. The molecule has 2 rings (SSSR count). The van der Waals surface area contributed by atoms with E-state index in [0.717, 1.165) is 6.61 Å². The van der Waals surface area contributed by atoms with Crippen molar-refractivity contribution in [1.82, 2.24) is 0 Å². The van der Waals surface area contributed by atoms with Crippen molar-refractivity contribution in [3.8, 4) is 0 Å². The standard InChI is InChI=1S/C14H20O2/c1-11(9-15)12-3-5-13(6-4-12)14(7-8-14)10-16-2/h3-6,11,15H,7-10H2,1-2H3. The third kappa shape index (κ3) is 2.13. The van der Waals surface area contributed by atoms with Crippen molar-refractivity contribution in [2.75, 3.05) is 20.3 Å². The second kappa shape index (κ2) is 4.56. The van der Waals surface area contributed by atoms with Gasteiger partial charge in [0.1, 0.15) is 0 Å². The lowest BCUT2D eigenvalue weighted by molar-refractivity contribution is 0.171. The molecule has 88 valence electrons. The Morgan fingerprint density at radius 1 is 1.31 bits per heavy atom. The Kier molecular flexibility index (Phi) is 3.31. The van der Waals surface area contributed by atoms with E-state index in [0.29, 0.717) is 0 Å². The minimum absolute atomic E-state index is 0.211. The lowest BCUT2D eigenvalue weighted by Crippen LogP contribution is -2.14. The summed E-state index contributed by atoms with van der Waals surface area (Å²) in [6.07, 6.45) is 2.46. The van der Waals surface area contributed by atoms with Gasteiger partial charge in [0.05, 0.1) is 6.61 Å². The smallest absolute Gasteiger partial charge is 0.0559 e. The third-order valence-electron chi connectivity index (χ3n) is 3.64. The van der Waals surface area contributed by atoms with Crippen LogP contribution in [-0.2, 0) is 10.2 Å². The van der Waals surface area contributed by atoms with Crippen LogP contribution in [0.15, 0.2) is 24.3 Å². The molecule has 0 aromatic heterocycles. The van der Waals surface area contributed by atoms with Gasteiger partial charge in [0.2, 0.25) is 0 Å². The highest BCUT2D eigenvalue weighted by atomic mass is 16.5. The number of aliphatic hydroxyl groups excluding tert-OH is 1. The summed E-state index contributed by atoms with van der Waals surface area (Å²) in [7, 11) is 1.77. The second-order valence-corrected chi connectivity index (χ2v) is 4.92. The maximum absolute atomic E-state index is 9.09. The van der Waals surface area contributed by atoms with Crippen LogP contribution in [0.25, 0.3) is 0 Å². The molecule has 1 unspecified atom stereocenters. The van der Waals surface area contributed by atoms with Crippen LogP contribution in [-0.4, -0.2) is 25.4 Å². The normalized spacial score (nSPS) is 19.4. The van der Waals surface area contributed by atoms with Crippen molar-refractivity contribution in [3.05, 3.63) is 35.4 Å². The van der Waals surface area contributed by atoms with Crippen molar-refractivity contribution in [2.24, 2.45) is 0 Å². The molecule has 1 saturated carbocycles. The lowest BCUT2D eigenvalue weighted by Gasteiger charge is -2.16. The highest BCUT2D eigenvalue weighted by molar-refractivity contribution is 5.34. The monoisotopic (exact) mass is 220 g/mol. The predicted octanol–water partition coefficient (Wildman–Crippen LogP) is 2.46. The first-order valence-electron chi connectivity index (χ1n) is 5.92. The zero-order chi connectivity index (χ0) is 11.6. The fraction of sp³-hybridized carbons (Fsp3) is 0.571. The second-order valence-electron chi connectivity index (χ2n) is 4.92. The minimum atomic E-state index is 0.211. The molecule has 0 saturated heterocycles. The highest BCUT2D eigenvalue weighted by Gasteiger charge is 2.44. The molecule has 1 aliphatic carbocycles. The van der Waals surface area contributed by atoms with Gasteiger partial charge in [-0.05, 0) is 24.0 Å². The summed E-state index contributed by atoms with van der Waals surface area (Å²) in [4.78, 5) is 0. The van der Waals surface area contributed by atoms with Gasteiger partial charge in [0.25, 0.3) is 0 Å². The van der Waals surface area contributed by atoms with Crippen LogP contribution < -0.4 is 0 Å². The fourth-order valence-corrected chi connectivity index (χ4v) is 2.21. The van der Waals surface area contributed by atoms with E-state index in [9.17, 15) is 0 Å². The molecule has 1 aliphatic rings. The van der Waals surface area contributed by atoms with Gasteiger partial charge in [-0.15, -0.1) is 0 Å². The molecule has 2 heteroatoms. The van der Waals surface area contributed by atoms with E-state index in [2.05, 4.69) is 24.3 Å². The summed E-state index contributed by atoms with van der Waals surface area (Å²) in [6, 6.07) is 8.64. The van der Waals surface area contributed by atoms with Crippen LogP contribution >= 0.6 is 0 Å². The molecule has 0 heterocycles. The Labute approximate surface area is 97.3 Å². The van der Waals surface area contributed by atoms with Gasteiger partial charge in [-0.1, -0.05) is 31.2 Å². The maximum Gasteiger partial charge on any atom is 0.0559 e. The van der Waals surface area contributed by atoms with Crippen molar-refractivity contribution in [3.63, 3.8) is 0 Å². The Balaban J connectivity index is 2.13. The number of rotatable bonds is 5.